The van der Waals surface area contributed by atoms with E-state index in [0.717, 1.165) is 4.47 Å². The molecule has 124 valence electrons. The zero-order chi connectivity index (χ0) is 17.0. The number of halogens is 1. The minimum atomic E-state index is -0.821. The Balaban J connectivity index is 1.84. The normalized spacial score (nSPS) is 21.5. The van der Waals surface area contributed by atoms with E-state index in [2.05, 4.69) is 26.6 Å². The van der Waals surface area contributed by atoms with Gasteiger partial charge in [0, 0.05) is 16.1 Å². The number of rotatable bonds is 5. The molecular formula is C16H19BrN2O4. The first kappa shape index (κ1) is 17.5. The molecule has 1 aliphatic carbocycles. The Kier molecular flexibility index (Phi) is 5.76. The number of hydrogen-bond donors (Lipinski definition) is 3. The number of aliphatic carboxylic acids is 1. The zero-order valence-corrected chi connectivity index (χ0v) is 14.3. The molecule has 3 atom stereocenters. The van der Waals surface area contributed by atoms with Gasteiger partial charge in [0.2, 0.25) is 5.91 Å². The molecule has 3 N–H and O–H groups in total. The second-order valence-electron chi connectivity index (χ2n) is 5.76. The first-order valence-electron chi connectivity index (χ1n) is 7.46. The Bertz CT molecular complexity index is 603. The molecule has 1 fully saturated rings. The summed E-state index contributed by atoms with van der Waals surface area (Å²) in [5.74, 6) is -1.84. The first-order chi connectivity index (χ1) is 10.9. The Morgan fingerprint density at radius 3 is 2.43 bits per heavy atom. The molecule has 0 spiro atoms. The molecular weight excluding hydrogens is 364 g/mol. The number of amides is 2. The molecule has 0 saturated heterocycles. The molecule has 1 aliphatic rings. The minimum absolute atomic E-state index is 0.143. The molecule has 6 nitrogen and oxygen atoms in total. The van der Waals surface area contributed by atoms with E-state index < -0.39 is 17.9 Å². The molecule has 1 aromatic rings. The molecule has 2 rings (SSSR count). The third kappa shape index (κ3) is 4.79. The summed E-state index contributed by atoms with van der Waals surface area (Å²) in [4.78, 5) is 35.1. The fourth-order valence-electron chi connectivity index (χ4n) is 2.61. The van der Waals surface area contributed by atoms with Gasteiger partial charge in [-0.1, -0.05) is 15.9 Å². The number of carboxylic acid groups (broad SMARTS) is 1. The maximum absolute atomic E-state index is 12.1. The van der Waals surface area contributed by atoms with Crippen molar-refractivity contribution in [3.63, 3.8) is 0 Å². The van der Waals surface area contributed by atoms with Crippen molar-refractivity contribution in [1.29, 1.82) is 0 Å². The van der Waals surface area contributed by atoms with Gasteiger partial charge < -0.3 is 15.7 Å². The van der Waals surface area contributed by atoms with Crippen molar-refractivity contribution in [1.82, 2.24) is 10.6 Å². The lowest BCUT2D eigenvalue weighted by Gasteiger charge is -2.18. The molecule has 1 saturated carbocycles. The fourth-order valence-corrected chi connectivity index (χ4v) is 2.87. The number of nitrogens with one attached hydrogen (secondary N) is 2. The lowest BCUT2D eigenvalue weighted by atomic mass is 10.1. The van der Waals surface area contributed by atoms with Gasteiger partial charge >= 0.3 is 5.97 Å². The molecule has 0 aromatic heterocycles. The van der Waals surface area contributed by atoms with E-state index in [4.69, 9.17) is 5.11 Å². The number of hydrogen-bond acceptors (Lipinski definition) is 3. The fraction of sp³-hybridized carbons (Fsp3) is 0.438. The topological polar surface area (TPSA) is 95.5 Å². The highest BCUT2D eigenvalue weighted by atomic mass is 79.9. The van der Waals surface area contributed by atoms with E-state index in [0.29, 0.717) is 24.8 Å². The quantitative estimate of drug-likeness (QED) is 0.724. The zero-order valence-electron chi connectivity index (χ0n) is 12.7. The van der Waals surface area contributed by atoms with Crippen LogP contribution in [0.5, 0.6) is 0 Å². The Labute approximate surface area is 142 Å². The van der Waals surface area contributed by atoms with Gasteiger partial charge in [0.1, 0.15) is 6.04 Å². The predicted molar refractivity (Wildman–Crippen MR) is 88.0 cm³/mol. The highest BCUT2D eigenvalue weighted by molar-refractivity contribution is 9.10. The summed E-state index contributed by atoms with van der Waals surface area (Å²) < 4.78 is 0.869. The average molecular weight is 383 g/mol. The predicted octanol–water partition coefficient (Wildman–Crippen LogP) is 1.94. The summed E-state index contributed by atoms with van der Waals surface area (Å²) in [6, 6.07) is 6.01. The van der Waals surface area contributed by atoms with E-state index in [1.807, 2.05) is 0 Å². The highest BCUT2D eigenvalue weighted by Crippen LogP contribution is 2.25. The van der Waals surface area contributed by atoms with Crippen LogP contribution in [0.4, 0.5) is 0 Å². The van der Waals surface area contributed by atoms with Crippen molar-refractivity contribution < 1.29 is 19.5 Å². The van der Waals surface area contributed by atoms with Gasteiger partial charge in [-0.15, -0.1) is 0 Å². The van der Waals surface area contributed by atoms with Crippen molar-refractivity contribution in [3.05, 3.63) is 34.3 Å². The van der Waals surface area contributed by atoms with E-state index in [9.17, 15) is 14.4 Å². The summed E-state index contributed by atoms with van der Waals surface area (Å²) in [7, 11) is 0. The van der Waals surface area contributed by atoms with Crippen molar-refractivity contribution in [3.8, 4) is 0 Å². The van der Waals surface area contributed by atoms with Crippen LogP contribution in [0.1, 0.15) is 36.5 Å². The average Bonchev–Trinajstić information content (AvgIpc) is 2.96. The van der Waals surface area contributed by atoms with Crippen LogP contribution >= 0.6 is 15.9 Å². The van der Waals surface area contributed by atoms with Gasteiger partial charge in [0.05, 0.1) is 5.92 Å². The maximum Gasteiger partial charge on any atom is 0.306 e. The van der Waals surface area contributed by atoms with Crippen LogP contribution in [-0.2, 0) is 9.59 Å². The number of carboxylic acids is 1. The molecule has 7 heteroatoms. The molecule has 1 aromatic carbocycles. The van der Waals surface area contributed by atoms with Gasteiger partial charge in [-0.05, 0) is 50.5 Å². The van der Waals surface area contributed by atoms with Crippen molar-refractivity contribution >= 4 is 33.7 Å². The standard InChI is InChI=1S/C16H19BrN2O4/c1-9(18-15(21)10-2-5-12(17)6-3-10)14(20)19-13-7-4-11(8-13)16(22)23/h2-3,5-6,9,11,13H,4,7-8H2,1H3,(H,18,21)(H,19,20)(H,22,23). The minimum Gasteiger partial charge on any atom is -0.481 e. The van der Waals surface area contributed by atoms with Crippen LogP contribution in [0.3, 0.4) is 0 Å². The third-order valence-electron chi connectivity index (χ3n) is 3.98. The van der Waals surface area contributed by atoms with Crippen LogP contribution in [0, 0.1) is 5.92 Å². The van der Waals surface area contributed by atoms with E-state index in [1.54, 1.807) is 31.2 Å². The summed E-state index contributed by atoms with van der Waals surface area (Å²) in [5.41, 5.74) is 0.472. The molecule has 3 unspecified atom stereocenters. The molecule has 2 amide bonds. The van der Waals surface area contributed by atoms with Crippen molar-refractivity contribution in [2.24, 2.45) is 5.92 Å². The van der Waals surface area contributed by atoms with Crippen molar-refractivity contribution in [2.75, 3.05) is 0 Å². The number of carbonyl (C=O) groups is 3. The number of benzene rings is 1. The molecule has 23 heavy (non-hydrogen) atoms. The van der Waals surface area contributed by atoms with Gasteiger partial charge in [-0.2, -0.15) is 0 Å². The molecule has 0 radical (unpaired) electrons. The summed E-state index contributed by atoms with van der Waals surface area (Å²) in [5, 5.41) is 14.4. The first-order valence-corrected chi connectivity index (χ1v) is 8.25. The second kappa shape index (κ2) is 7.59. The van der Waals surface area contributed by atoms with Gasteiger partial charge in [-0.25, -0.2) is 0 Å². The summed E-state index contributed by atoms with van der Waals surface area (Å²) >= 11 is 3.29. The molecule has 0 heterocycles. The van der Waals surface area contributed by atoms with E-state index in [1.165, 1.54) is 0 Å². The molecule has 0 bridgehead atoms. The Morgan fingerprint density at radius 2 is 1.87 bits per heavy atom. The van der Waals surface area contributed by atoms with E-state index >= 15 is 0 Å². The summed E-state index contributed by atoms with van der Waals surface area (Å²) in [6.07, 6.45) is 1.66. The van der Waals surface area contributed by atoms with Crippen LogP contribution in [-0.4, -0.2) is 35.0 Å². The SMILES string of the molecule is CC(NC(=O)c1ccc(Br)cc1)C(=O)NC1CCC(C(=O)O)C1. The van der Waals surface area contributed by atoms with Gasteiger partial charge in [0.15, 0.2) is 0 Å². The number of carbonyl (C=O) groups excluding carboxylic acids is 2. The monoisotopic (exact) mass is 382 g/mol. The van der Waals surface area contributed by atoms with Gasteiger partial charge in [0.25, 0.3) is 5.91 Å². The van der Waals surface area contributed by atoms with Crippen molar-refractivity contribution in [2.45, 2.75) is 38.3 Å². The lowest BCUT2D eigenvalue weighted by Crippen LogP contribution is -2.47. The summed E-state index contributed by atoms with van der Waals surface area (Å²) in [6.45, 7) is 1.61. The Morgan fingerprint density at radius 1 is 1.22 bits per heavy atom. The highest BCUT2D eigenvalue weighted by Gasteiger charge is 2.31. The largest absolute Gasteiger partial charge is 0.481 e. The van der Waals surface area contributed by atoms with Crippen LogP contribution < -0.4 is 10.6 Å². The lowest BCUT2D eigenvalue weighted by molar-refractivity contribution is -0.141. The second-order valence-corrected chi connectivity index (χ2v) is 6.67. The third-order valence-corrected chi connectivity index (χ3v) is 4.50. The van der Waals surface area contributed by atoms with Crippen LogP contribution in [0.15, 0.2) is 28.7 Å². The van der Waals surface area contributed by atoms with Crippen LogP contribution in [0.2, 0.25) is 0 Å². The van der Waals surface area contributed by atoms with Crippen LogP contribution in [0.25, 0.3) is 0 Å². The Hall–Kier alpha value is -1.89. The van der Waals surface area contributed by atoms with Gasteiger partial charge in [-0.3, -0.25) is 14.4 Å². The smallest absolute Gasteiger partial charge is 0.306 e. The maximum atomic E-state index is 12.1. The molecule has 0 aliphatic heterocycles. The van der Waals surface area contributed by atoms with E-state index in [-0.39, 0.29) is 17.9 Å².